The minimum atomic E-state index is -0.475. The van der Waals surface area contributed by atoms with E-state index < -0.39 is 4.92 Å². The highest BCUT2D eigenvalue weighted by molar-refractivity contribution is 7.18. The molecule has 0 saturated heterocycles. The third kappa shape index (κ3) is 2.26. The fourth-order valence-electron chi connectivity index (χ4n) is 0.907. The topological polar surface area (TPSA) is 110 Å². The van der Waals surface area contributed by atoms with Crippen LogP contribution in [0.25, 0.3) is 0 Å². The first-order valence-corrected chi connectivity index (χ1v) is 4.75. The van der Waals surface area contributed by atoms with Crippen molar-refractivity contribution in [2.75, 3.05) is 5.32 Å². The van der Waals surface area contributed by atoms with Crippen molar-refractivity contribution in [3.63, 3.8) is 0 Å². The fraction of sp³-hybridized carbons (Fsp3) is 0.167. The van der Waals surface area contributed by atoms with Crippen LogP contribution in [-0.2, 0) is 6.54 Å². The minimum absolute atomic E-state index is 0.00932. The van der Waals surface area contributed by atoms with Gasteiger partial charge in [-0.2, -0.15) is 5.10 Å². The third-order valence-electron chi connectivity index (χ3n) is 1.55. The van der Waals surface area contributed by atoms with Crippen LogP contribution < -0.4 is 5.32 Å². The molecule has 0 atom stereocenters. The molecule has 8 nitrogen and oxygen atoms in total. The van der Waals surface area contributed by atoms with Crippen molar-refractivity contribution in [1.29, 1.82) is 0 Å². The molecule has 0 radical (unpaired) electrons. The molecule has 0 amide bonds. The molecule has 0 aliphatic rings. The van der Waals surface area contributed by atoms with Gasteiger partial charge in [-0.3, -0.25) is 15.2 Å². The molecule has 0 fully saturated rings. The molecule has 0 bridgehead atoms. The Morgan fingerprint density at radius 2 is 2.47 bits per heavy atom. The van der Waals surface area contributed by atoms with Gasteiger partial charge in [-0.15, -0.1) is 0 Å². The number of rotatable bonds is 4. The highest BCUT2D eigenvalue weighted by atomic mass is 32.1. The standard InChI is InChI=1S/C6H6N6O2S/c13-12(14)5-2-8-6(15-5)7-1-4-9-3-10-11-4/h2-3H,1H2,(H,7,8)(H,9,10,11). The summed E-state index contributed by atoms with van der Waals surface area (Å²) in [4.78, 5) is 17.6. The highest BCUT2D eigenvalue weighted by Crippen LogP contribution is 2.24. The maximum Gasteiger partial charge on any atom is 0.345 e. The average molecular weight is 226 g/mol. The maximum absolute atomic E-state index is 10.4. The smallest absolute Gasteiger partial charge is 0.345 e. The van der Waals surface area contributed by atoms with Crippen LogP contribution in [0.1, 0.15) is 5.82 Å². The van der Waals surface area contributed by atoms with Gasteiger partial charge >= 0.3 is 5.00 Å². The molecule has 2 aromatic heterocycles. The first kappa shape index (κ1) is 9.52. The number of thiazole rings is 1. The number of aromatic amines is 1. The lowest BCUT2D eigenvalue weighted by Crippen LogP contribution is -2.00. The second-order valence-corrected chi connectivity index (χ2v) is 3.56. The van der Waals surface area contributed by atoms with E-state index in [1.165, 1.54) is 12.5 Å². The molecule has 0 aliphatic heterocycles. The van der Waals surface area contributed by atoms with Crippen LogP contribution >= 0.6 is 11.3 Å². The summed E-state index contributed by atoms with van der Waals surface area (Å²) in [7, 11) is 0. The zero-order chi connectivity index (χ0) is 10.7. The first-order valence-electron chi connectivity index (χ1n) is 3.94. The van der Waals surface area contributed by atoms with Gasteiger partial charge in [0.25, 0.3) is 0 Å². The molecular weight excluding hydrogens is 220 g/mol. The van der Waals surface area contributed by atoms with Gasteiger partial charge in [-0.05, 0) is 11.3 Å². The van der Waals surface area contributed by atoms with Crippen molar-refractivity contribution in [3.8, 4) is 0 Å². The van der Waals surface area contributed by atoms with E-state index in [4.69, 9.17) is 0 Å². The Labute approximate surface area is 87.5 Å². The maximum atomic E-state index is 10.4. The number of aromatic nitrogens is 4. The largest absolute Gasteiger partial charge is 0.354 e. The van der Waals surface area contributed by atoms with Gasteiger partial charge in [-0.1, -0.05) is 0 Å². The zero-order valence-corrected chi connectivity index (χ0v) is 8.19. The number of H-pyrrole nitrogens is 1. The van der Waals surface area contributed by atoms with Gasteiger partial charge in [0, 0.05) is 0 Å². The second-order valence-electron chi connectivity index (χ2n) is 2.55. The van der Waals surface area contributed by atoms with Crippen LogP contribution in [0.4, 0.5) is 10.1 Å². The number of nitrogens with one attached hydrogen (secondary N) is 2. The van der Waals surface area contributed by atoms with Crippen LogP contribution in [0.5, 0.6) is 0 Å². The molecule has 0 unspecified atom stereocenters. The Balaban J connectivity index is 1.96. The lowest BCUT2D eigenvalue weighted by atomic mass is 10.6. The molecule has 2 aromatic rings. The molecule has 9 heteroatoms. The Bertz CT molecular complexity index is 452. The summed E-state index contributed by atoms with van der Waals surface area (Å²) in [5, 5.41) is 20.1. The van der Waals surface area contributed by atoms with Crippen molar-refractivity contribution < 1.29 is 4.92 Å². The second kappa shape index (κ2) is 4.00. The van der Waals surface area contributed by atoms with E-state index in [-0.39, 0.29) is 5.00 Å². The van der Waals surface area contributed by atoms with Crippen molar-refractivity contribution in [3.05, 3.63) is 28.5 Å². The van der Waals surface area contributed by atoms with E-state index in [9.17, 15) is 10.1 Å². The Kier molecular flexibility index (Phi) is 2.54. The minimum Gasteiger partial charge on any atom is -0.354 e. The zero-order valence-electron chi connectivity index (χ0n) is 7.38. The molecule has 78 valence electrons. The first-order chi connectivity index (χ1) is 7.25. The van der Waals surface area contributed by atoms with E-state index in [1.807, 2.05) is 0 Å². The summed E-state index contributed by atoms with van der Waals surface area (Å²) in [6.07, 6.45) is 2.61. The van der Waals surface area contributed by atoms with Crippen LogP contribution in [0, 0.1) is 10.1 Å². The van der Waals surface area contributed by atoms with Gasteiger partial charge in [0.15, 0.2) is 5.13 Å². The molecule has 0 saturated carbocycles. The fourth-order valence-corrected chi connectivity index (χ4v) is 1.53. The molecule has 0 aliphatic carbocycles. The summed E-state index contributed by atoms with van der Waals surface area (Å²) in [5.74, 6) is 0.646. The number of anilines is 1. The van der Waals surface area contributed by atoms with Gasteiger partial charge in [0.2, 0.25) is 0 Å². The van der Waals surface area contributed by atoms with E-state index in [1.54, 1.807) is 0 Å². The Hall–Kier alpha value is -2.03. The van der Waals surface area contributed by atoms with Crippen molar-refractivity contribution in [2.24, 2.45) is 0 Å². The normalized spacial score (nSPS) is 10.1. The predicted molar refractivity (Wildman–Crippen MR) is 52.5 cm³/mol. The number of hydrogen-bond donors (Lipinski definition) is 2. The van der Waals surface area contributed by atoms with Crippen molar-refractivity contribution in [1.82, 2.24) is 20.2 Å². The van der Waals surface area contributed by atoms with Gasteiger partial charge < -0.3 is 5.32 Å². The van der Waals surface area contributed by atoms with Gasteiger partial charge in [0.1, 0.15) is 18.3 Å². The van der Waals surface area contributed by atoms with Crippen LogP contribution in [0.15, 0.2) is 12.5 Å². The molecular formula is C6H6N6O2S. The van der Waals surface area contributed by atoms with Crippen LogP contribution in [-0.4, -0.2) is 25.1 Å². The lowest BCUT2D eigenvalue weighted by molar-refractivity contribution is -0.380. The summed E-state index contributed by atoms with van der Waals surface area (Å²) >= 11 is 0.979. The van der Waals surface area contributed by atoms with Crippen molar-refractivity contribution in [2.45, 2.75) is 6.54 Å². The summed E-state index contributed by atoms with van der Waals surface area (Å²) < 4.78 is 0. The van der Waals surface area contributed by atoms with Gasteiger partial charge in [-0.25, -0.2) is 9.97 Å². The predicted octanol–water partition coefficient (Wildman–Crippen LogP) is 0.781. The van der Waals surface area contributed by atoms with E-state index in [0.717, 1.165) is 11.3 Å². The monoisotopic (exact) mass is 226 g/mol. The summed E-state index contributed by atoms with van der Waals surface area (Å²) in [6.45, 7) is 0.407. The highest BCUT2D eigenvalue weighted by Gasteiger charge is 2.10. The molecule has 2 N–H and O–H groups in total. The van der Waals surface area contributed by atoms with E-state index >= 15 is 0 Å². The summed E-state index contributed by atoms with van der Waals surface area (Å²) in [5.41, 5.74) is 0. The average Bonchev–Trinajstić information content (AvgIpc) is 2.86. The SMILES string of the molecule is O=[N+]([O-])c1cnc(NCc2ncn[nH]2)s1. The van der Waals surface area contributed by atoms with Gasteiger partial charge in [0.05, 0.1) is 11.5 Å². The number of hydrogen-bond acceptors (Lipinski definition) is 7. The molecule has 2 rings (SSSR count). The molecule has 15 heavy (non-hydrogen) atoms. The lowest BCUT2D eigenvalue weighted by Gasteiger charge is -1.96. The summed E-state index contributed by atoms with van der Waals surface area (Å²) in [6, 6.07) is 0. The Morgan fingerprint density at radius 3 is 3.07 bits per heavy atom. The van der Waals surface area contributed by atoms with Crippen LogP contribution in [0.2, 0.25) is 0 Å². The van der Waals surface area contributed by atoms with E-state index in [0.29, 0.717) is 17.5 Å². The van der Waals surface area contributed by atoms with E-state index in [2.05, 4.69) is 25.5 Å². The third-order valence-corrected chi connectivity index (χ3v) is 2.45. The quantitative estimate of drug-likeness (QED) is 0.588. The molecule has 0 spiro atoms. The molecule has 2 heterocycles. The van der Waals surface area contributed by atoms with Crippen LogP contribution in [0.3, 0.4) is 0 Å². The molecule has 0 aromatic carbocycles. The van der Waals surface area contributed by atoms with Crippen molar-refractivity contribution >= 4 is 21.5 Å². The number of nitro groups is 1. The number of nitrogens with zero attached hydrogens (tertiary/aromatic N) is 4. The Morgan fingerprint density at radius 1 is 1.60 bits per heavy atom.